The molecule has 0 unspecified atom stereocenters. The van der Waals surface area contributed by atoms with Gasteiger partial charge in [-0.05, 0) is 24.3 Å². The van der Waals surface area contributed by atoms with Crippen molar-refractivity contribution in [3.05, 3.63) is 65.7 Å². The Kier molecular flexibility index (Phi) is 6.37. The van der Waals surface area contributed by atoms with Crippen molar-refractivity contribution in [2.24, 2.45) is 0 Å². The standard InChI is InChI=1S/C14H9BF3.K/c16-15(17,18)14-10-8-13(9-11-14)7-6-12-4-2-1-3-5-12;/h1-5,8-11H;/q-1;+1. The molecule has 0 saturated heterocycles. The Morgan fingerprint density at radius 2 is 1.16 bits per heavy atom. The van der Waals surface area contributed by atoms with Crippen molar-refractivity contribution in [3.8, 4) is 11.8 Å². The molecule has 0 bridgehead atoms. The van der Waals surface area contributed by atoms with Gasteiger partial charge >= 0.3 is 58.4 Å². The molecule has 0 spiro atoms. The monoisotopic (exact) mass is 284 g/mol. The second-order valence-corrected chi connectivity index (χ2v) is 3.81. The molecule has 0 amide bonds. The largest absolute Gasteiger partial charge is 1.00 e. The Morgan fingerprint density at radius 3 is 1.63 bits per heavy atom. The zero-order chi connectivity index (χ0) is 13.0. The maximum atomic E-state index is 12.4. The minimum Gasteiger partial charge on any atom is -0.445 e. The van der Waals surface area contributed by atoms with E-state index in [1.54, 1.807) is 0 Å². The van der Waals surface area contributed by atoms with Gasteiger partial charge in [0.15, 0.2) is 0 Å². The topological polar surface area (TPSA) is 0 Å². The predicted octanol–water partition coefficient (Wildman–Crippen LogP) is 0.145. The van der Waals surface area contributed by atoms with Gasteiger partial charge in [-0.15, -0.1) is 5.46 Å². The first-order chi connectivity index (χ1) is 8.55. The molecule has 0 N–H and O–H groups in total. The molecular weight excluding hydrogens is 275 g/mol. The van der Waals surface area contributed by atoms with Gasteiger partial charge in [0.25, 0.3) is 0 Å². The van der Waals surface area contributed by atoms with E-state index >= 15 is 0 Å². The van der Waals surface area contributed by atoms with Crippen molar-refractivity contribution in [1.82, 2.24) is 0 Å². The minimum atomic E-state index is -4.93. The van der Waals surface area contributed by atoms with E-state index in [0.29, 0.717) is 5.56 Å². The Bertz CT molecular complexity index is 580. The van der Waals surface area contributed by atoms with Crippen LogP contribution in [0.15, 0.2) is 54.6 Å². The van der Waals surface area contributed by atoms with Gasteiger partial charge in [-0.2, -0.15) is 0 Å². The second kappa shape index (κ2) is 7.32. The number of benzene rings is 2. The van der Waals surface area contributed by atoms with E-state index in [9.17, 15) is 12.9 Å². The van der Waals surface area contributed by atoms with Crippen molar-refractivity contribution in [2.75, 3.05) is 0 Å². The van der Waals surface area contributed by atoms with Crippen LogP contribution in [-0.4, -0.2) is 6.98 Å². The molecule has 19 heavy (non-hydrogen) atoms. The third-order valence-corrected chi connectivity index (χ3v) is 2.41. The fourth-order valence-electron chi connectivity index (χ4n) is 1.45. The van der Waals surface area contributed by atoms with Crippen molar-refractivity contribution >= 4 is 12.4 Å². The average molecular weight is 284 g/mol. The molecular formula is C14H9BF3K. The summed E-state index contributed by atoms with van der Waals surface area (Å²) >= 11 is 0. The molecule has 90 valence electrons. The van der Waals surface area contributed by atoms with Gasteiger partial charge < -0.3 is 12.9 Å². The number of hydrogen-bond donors (Lipinski definition) is 0. The maximum absolute atomic E-state index is 12.4. The van der Waals surface area contributed by atoms with Gasteiger partial charge in [-0.3, -0.25) is 0 Å². The molecule has 0 aliphatic rings. The van der Waals surface area contributed by atoms with Gasteiger partial charge in [0, 0.05) is 11.1 Å². The van der Waals surface area contributed by atoms with Gasteiger partial charge in [-0.25, -0.2) is 0 Å². The molecule has 2 rings (SSSR count). The van der Waals surface area contributed by atoms with Gasteiger partial charge in [0.2, 0.25) is 0 Å². The summed E-state index contributed by atoms with van der Waals surface area (Å²) in [6.45, 7) is -4.93. The van der Waals surface area contributed by atoms with Gasteiger partial charge in [0.05, 0.1) is 0 Å². The van der Waals surface area contributed by atoms with E-state index in [-0.39, 0.29) is 51.4 Å². The summed E-state index contributed by atoms with van der Waals surface area (Å²) in [5, 5.41) is 0. The SMILES string of the molecule is F[B-](F)(F)c1ccc(C#Cc2ccccc2)cc1.[K+]. The van der Waals surface area contributed by atoms with Crippen LogP contribution >= 0.6 is 0 Å². The summed E-state index contributed by atoms with van der Waals surface area (Å²) in [6.07, 6.45) is 0. The quantitative estimate of drug-likeness (QED) is 0.516. The summed E-state index contributed by atoms with van der Waals surface area (Å²) in [5.74, 6) is 5.72. The van der Waals surface area contributed by atoms with E-state index in [2.05, 4.69) is 11.8 Å². The molecule has 0 aliphatic carbocycles. The summed E-state index contributed by atoms with van der Waals surface area (Å²) in [4.78, 5) is 0. The van der Waals surface area contributed by atoms with Crippen molar-refractivity contribution < 1.29 is 64.3 Å². The molecule has 2 aromatic carbocycles. The first-order valence-corrected chi connectivity index (χ1v) is 5.43. The van der Waals surface area contributed by atoms with E-state index in [1.807, 2.05) is 30.3 Å². The fraction of sp³-hybridized carbons (Fsp3) is 0. The molecule has 0 nitrogen and oxygen atoms in total. The number of hydrogen-bond acceptors (Lipinski definition) is 0. The van der Waals surface area contributed by atoms with Crippen LogP contribution in [0, 0.1) is 11.8 Å². The molecule has 0 heterocycles. The van der Waals surface area contributed by atoms with Crippen LogP contribution in [0.1, 0.15) is 11.1 Å². The fourth-order valence-corrected chi connectivity index (χ4v) is 1.45. The summed E-state index contributed by atoms with van der Waals surface area (Å²) < 4.78 is 37.2. The third kappa shape index (κ3) is 5.17. The number of halogens is 3. The Morgan fingerprint density at radius 1 is 0.684 bits per heavy atom. The van der Waals surface area contributed by atoms with E-state index in [1.165, 1.54) is 12.1 Å². The number of rotatable bonds is 1. The second-order valence-electron chi connectivity index (χ2n) is 3.81. The van der Waals surface area contributed by atoms with Crippen LogP contribution in [0.2, 0.25) is 0 Å². The molecule has 0 aromatic heterocycles. The first kappa shape index (κ1) is 16.5. The third-order valence-electron chi connectivity index (χ3n) is 2.41. The molecule has 0 atom stereocenters. The van der Waals surface area contributed by atoms with E-state index < -0.39 is 12.4 Å². The predicted molar refractivity (Wildman–Crippen MR) is 67.6 cm³/mol. The molecule has 0 saturated carbocycles. The first-order valence-electron chi connectivity index (χ1n) is 5.43. The van der Waals surface area contributed by atoms with Gasteiger partial charge in [0.1, 0.15) is 0 Å². The molecule has 2 aromatic rings. The van der Waals surface area contributed by atoms with E-state index in [0.717, 1.165) is 17.7 Å². The van der Waals surface area contributed by atoms with Crippen LogP contribution in [0.4, 0.5) is 12.9 Å². The van der Waals surface area contributed by atoms with Crippen LogP contribution in [0.5, 0.6) is 0 Å². The minimum absolute atomic E-state index is 0. The summed E-state index contributed by atoms with van der Waals surface area (Å²) in [5.41, 5.74) is 0.810. The van der Waals surface area contributed by atoms with E-state index in [4.69, 9.17) is 0 Å². The summed E-state index contributed by atoms with van der Waals surface area (Å²) in [7, 11) is 0. The zero-order valence-corrected chi connectivity index (χ0v) is 13.5. The van der Waals surface area contributed by atoms with Crippen LogP contribution < -0.4 is 56.8 Å². The van der Waals surface area contributed by atoms with Crippen LogP contribution in [-0.2, 0) is 0 Å². The van der Waals surface area contributed by atoms with Gasteiger partial charge in [-0.1, -0.05) is 42.2 Å². The maximum Gasteiger partial charge on any atom is 1.00 e. The molecule has 0 radical (unpaired) electrons. The normalized spacial score (nSPS) is 10.1. The molecule has 0 fully saturated rings. The molecule has 0 aliphatic heterocycles. The van der Waals surface area contributed by atoms with Crippen molar-refractivity contribution in [3.63, 3.8) is 0 Å². The Balaban J connectivity index is 0.00000180. The Hall–Kier alpha value is -0.509. The van der Waals surface area contributed by atoms with Crippen molar-refractivity contribution in [1.29, 1.82) is 0 Å². The zero-order valence-electron chi connectivity index (χ0n) is 10.4. The summed E-state index contributed by atoms with van der Waals surface area (Å²) in [6, 6.07) is 14.2. The molecule has 5 heteroatoms. The van der Waals surface area contributed by atoms with Crippen molar-refractivity contribution in [2.45, 2.75) is 0 Å². The van der Waals surface area contributed by atoms with Crippen LogP contribution in [0.25, 0.3) is 0 Å². The van der Waals surface area contributed by atoms with Crippen LogP contribution in [0.3, 0.4) is 0 Å². The smallest absolute Gasteiger partial charge is 0.445 e. The average Bonchev–Trinajstić information content (AvgIpc) is 2.37. The Labute approximate surface area is 152 Å².